The van der Waals surface area contributed by atoms with Gasteiger partial charge >= 0.3 is 0 Å². The second-order valence-corrected chi connectivity index (χ2v) is 4.81. The summed E-state index contributed by atoms with van der Waals surface area (Å²) in [4.78, 5) is 2.86. The molecule has 0 unspecified atom stereocenters. The summed E-state index contributed by atoms with van der Waals surface area (Å²) in [7, 11) is 0.974. The summed E-state index contributed by atoms with van der Waals surface area (Å²) in [5, 5.41) is -0.390. The number of aromatic nitrogens is 1. The van der Waals surface area contributed by atoms with Crippen molar-refractivity contribution in [2.75, 3.05) is 0 Å². The highest BCUT2D eigenvalue weighted by Gasteiger charge is 2.12. The maximum Gasteiger partial charge on any atom is 0.262 e. The molecule has 0 aliphatic rings. The van der Waals surface area contributed by atoms with Crippen LogP contribution >= 0.6 is 22.3 Å². The van der Waals surface area contributed by atoms with Gasteiger partial charge in [-0.05, 0) is 6.07 Å². The van der Waals surface area contributed by atoms with Gasteiger partial charge in [-0.25, -0.2) is 17.8 Å². The molecule has 0 saturated heterocycles. The highest BCUT2D eigenvalue weighted by atomic mass is 35.7. The molecule has 0 bridgehead atoms. The first-order valence-electron chi connectivity index (χ1n) is 2.67. The maximum atomic E-state index is 12.6. The summed E-state index contributed by atoms with van der Waals surface area (Å²) in [5.41, 5.74) is 0. The Kier molecular flexibility index (Phi) is 2.55. The molecule has 0 aliphatic heterocycles. The van der Waals surface area contributed by atoms with Gasteiger partial charge in [-0.2, -0.15) is 0 Å². The van der Waals surface area contributed by atoms with Crippen LogP contribution in [-0.2, 0) is 9.05 Å². The summed E-state index contributed by atoms with van der Waals surface area (Å²) >= 11 is 5.21. The Morgan fingerprint density at radius 1 is 1.50 bits per heavy atom. The van der Waals surface area contributed by atoms with E-state index in [0.717, 1.165) is 6.20 Å². The van der Waals surface area contributed by atoms with E-state index >= 15 is 0 Å². The van der Waals surface area contributed by atoms with Gasteiger partial charge in [0.2, 0.25) is 0 Å². The first kappa shape index (κ1) is 9.70. The second kappa shape index (κ2) is 3.16. The van der Waals surface area contributed by atoms with E-state index in [0.29, 0.717) is 6.07 Å². The average molecular weight is 230 g/mol. The molecule has 66 valence electrons. The summed E-state index contributed by atoms with van der Waals surface area (Å²) in [5.74, 6) is -0.918. The zero-order valence-corrected chi connectivity index (χ0v) is 7.79. The van der Waals surface area contributed by atoms with Crippen LogP contribution in [0.1, 0.15) is 0 Å². The molecule has 1 rings (SSSR count). The summed E-state index contributed by atoms with van der Waals surface area (Å²) in [6.07, 6.45) is 0.883. The third kappa shape index (κ3) is 2.06. The van der Waals surface area contributed by atoms with E-state index < -0.39 is 19.8 Å². The van der Waals surface area contributed by atoms with E-state index in [-0.39, 0.29) is 5.15 Å². The van der Waals surface area contributed by atoms with Crippen molar-refractivity contribution >= 4 is 31.3 Å². The molecule has 0 fully saturated rings. The van der Waals surface area contributed by atoms with Crippen molar-refractivity contribution in [1.29, 1.82) is 0 Å². The number of hydrogen-bond donors (Lipinski definition) is 0. The van der Waals surface area contributed by atoms with E-state index in [2.05, 4.69) is 4.98 Å². The molecule has 0 N–H and O–H groups in total. The normalized spacial score (nSPS) is 11.6. The molecular formula is C5H2Cl2FNO2S. The summed E-state index contributed by atoms with van der Waals surface area (Å²) in [6.45, 7) is 0. The van der Waals surface area contributed by atoms with E-state index in [9.17, 15) is 12.8 Å². The van der Waals surface area contributed by atoms with Gasteiger partial charge < -0.3 is 0 Å². The minimum absolute atomic E-state index is 0.390. The topological polar surface area (TPSA) is 47.0 Å². The Morgan fingerprint density at radius 2 is 2.08 bits per heavy atom. The fourth-order valence-corrected chi connectivity index (χ4v) is 1.32. The number of pyridine rings is 1. The predicted molar refractivity (Wildman–Crippen MR) is 42.2 cm³/mol. The van der Waals surface area contributed by atoms with Crippen molar-refractivity contribution in [3.05, 3.63) is 23.2 Å². The van der Waals surface area contributed by atoms with Crippen molar-refractivity contribution in [3.63, 3.8) is 0 Å². The first-order valence-corrected chi connectivity index (χ1v) is 5.35. The van der Waals surface area contributed by atoms with Gasteiger partial charge in [0, 0.05) is 16.9 Å². The van der Waals surface area contributed by atoms with Crippen molar-refractivity contribution < 1.29 is 12.8 Å². The minimum Gasteiger partial charge on any atom is -0.240 e. The highest BCUT2D eigenvalue weighted by Crippen LogP contribution is 2.18. The first-order chi connectivity index (χ1) is 5.41. The van der Waals surface area contributed by atoms with Gasteiger partial charge in [0.05, 0.1) is 0 Å². The number of rotatable bonds is 1. The quantitative estimate of drug-likeness (QED) is 0.545. The van der Waals surface area contributed by atoms with Gasteiger partial charge in [-0.3, -0.25) is 0 Å². The zero-order valence-electron chi connectivity index (χ0n) is 5.46. The Hall–Kier alpha value is -0.390. The third-order valence-corrected chi connectivity index (χ3v) is 2.65. The molecule has 1 heterocycles. The Labute approximate surface area is 77.6 Å². The number of nitrogens with zero attached hydrogens (tertiary/aromatic N) is 1. The standard InChI is InChI=1S/C5H2Cl2FNO2S/c6-5-4(8)1-3(2-9-5)12(7,10)11/h1-2H. The Morgan fingerprint density at radius 3 is 2.50 bits per heavy atom. The van der Waals surface area contributed by atoms with Crippen LogP contribution in [0.3, 0.4) is 0 Å². The van der Waals surface area contributed by atoms with Crippen LogP contribution in [0.15, 0.2) is 17.2 Å². The van der Waals surface area contributed by atoms with Crippen molar-refractivity contribution in [3.8, 4) is 0 Å². The van der Waals surface area contributed by atoms with E-state index in [1.807, 2.05) is 0 Å². The fraction of sp³-hybridized carbons (Fsp3) is 0. The van der Waals surface area contributed by atoms with E-state index in [1.54, 1.807) is 0 Å². The van der Waals surface area contributed by atoms with Gasteiger partial charge in [-0.15, -0.1) is 0 Å². The Bertz CT molecular complexity index is 406. The molecular weight excluding hydrogens is 228 g/mol. The van der Waals surface area contributed by atoms with Crippen molar-refractivity contribution in [1.82, 2.24) is 4.98 Å². The molecule has 1 aromatic heterocycles. The predicted octanol–water partition coefficient (Wildman–Crippen LogP) is 1.80. The molecule has 0 amide bonds. The SMILES string of the molecule is O=S(=O)(Cl)c1cnc(Cl)c(F)c1. The maximum absolute atomic E-state index is 12.6. The number of halogens is 3. The minimum atomic E-state index is -3.93. The third-order valence-electron chi connectivity index (χ3n) is 1.05. The summed E-state index contributed by atoms with van der Waals surface area (Å²) in [6, 6.07) is 0.706. The Balaban J connectivity index is 3.33. The smallest absolute Gasteiger partial charge is 0.240 e. The van der Waals surface area contributed by atoms with Crippen molar-refractivity contribution in [2.24, 2.45) is 0 Å². The van der Waals surface area contributed by atoms with Crippen LogP contribution in [0.5, 0.6) is 0 Å². The molecule has 0 radical (unpaired) electrons. The molecule has 7 heteroatoms. The lowest BCUT2D eigenvalue weighted by Crippen LogP contribution is -1.93. The lowest BCUT2D eigenvalue weighted by atomic mass is 10.5. The molecule has 0 spiro atoms. The summed E-state index contributed by atoms with van der Waals surface area (Å²) < 4.78 is 33.8. The molecule has 3 nitrogen and oxygen atoms in total. The van der Waals surface area contributed by atoms with Crippen LogP contribution in [0.2, 0.25) is 5.15 Å². The van der Waals surface area contributed by atoms with Crippen molar-refractivity contribution in [2.45, 2.75) is 4.90 Å². The van der Waals surface area contributed by atoms with Crippen LogP contribution in [-0.4, -0.2) is 13.4 Å². The average Bonchev–Trinajstić information content (AvgIpc) is 1.92. The van der Waals surface area contributed by atoms with Crippen LogP contribution in [0.4, 0.5) is 4.39 Å². The molecule has 12 heavy (non-hydrogen) atoms. The van der Waals surface area contributed by atoms with Crippen LogP contribution in [0, 0.1) is 5.82 Å². The number of hydrogen-bond acceptors (Lipinski definition) is 3. The van der Waals surface area contributed by atoms with Gasteiger partial charge in [0.15, 0.2) is 11.0 Å². The van der Waals surface area contributed by atoms with E-state index in [4.69, 9.17) is 22.3 Å². The lowest BCUT2D eigenvalue weighted by molar-refractivity contribution is 0.599. The molecule has 0 atom stereocenters. The van der Waals surface area contributed by atoms with Gasteiger partial charge in [-0.1, -0.05) is 11.6 Å². The van der Waals surface area contributed by atoms with E-state index in [1.165, 1.54) is 0 Å². The highest BCUT2D eigenvalue weighted by molar-refractivity contribution is 8.13. The molecule has 0 aliphatic carbocycles. The molecule has 0 saturated carbocycles. The van der Waals surface area contributed by atoms with Gasteiger partial charge in [0.1, 0.15) is 4.90 Å². The molecule has 1 aromatic rings. The monoisotopic (exact) mass is 229 g/mol. The second-order valence-electron chi connectivity index (χ2n) is 1.88. The van der Waals surface area contributed by atoms with Crippen LogP contribution < -0.4 is 0 Å². The molecule has 0 aromatic carbocycles. The van der Waals surface area contributed by atoms with Crippen LogP contribution in [0.25, 0.3) is 0 Å². The lowest BCUT2D eigenvalue weighted by Gasteiger charge is -1.95. The fourth-order valence-electron chi connectivity index (χ4n) is 0.537. The largest absolute Gasteiger partial charge is 0.262 e. The zero-order chi connectivity index (χ0) is 9.35. The van der Waals surface area contributed by atoms with Gasteiger partial charge in [0.25, 0.3) is 9.05 Å².